The first kappa shape index (κ1) is 14.0. The molecule has 0 aliphatic rings. The van der Waals surface area contributed by atoms with Crippen molar-refractivity contribution in [3.63, 3.8) is 0 Å². The number of anilines is 1. The fourth-order valence-corrected chi connectivity index (χ4v) is 1.88. The minimum atomic E-state index is -0.0349. The zero-order valence-corrected chi connectivity index (χ0v) is 11.4. The number of thiazole rings is 1. The van der Waals surface area contributed by atoms with Crippen molar-refractivity contribution in [3.05, 3.63) is 9.98 Å². The summed E-state index contributed by atoms with van der Waals surface area (Å²) in [5.41, 5.74) is 5.27. The molecular weight excluding hydrogens is 334 g/mol. The number of nitrogens with one attached hydrogen (secondary N) is 1. The van der Waals surface area contributed by atoms with Crippen molar-refractivity contribution in [2.75, 3.05) is 11.9 Å². The molecule has 0 fully saturated rings. The van der Waals surface area contributed by atoms with Gasteiger partial charge in [0.15, 0.2) is 5.13 Å². The fraction of sp³-hybridized carbons (Fsp3) is 0.429. The van der Waals surface area contributed by atoms with Crippen LogP contribution in [0.1, 0.15) is 12.8 Å². The van der Waals surface area contributed by atoms with Gasteiger partial charge in [0.05, 0.1) is 9.98 Å². The molecule has 0 spiro atoms. The van der Waals surface area contributed by atoms with Crippen molar-refractivity contribution in [1.82, 2.24) is 4.98 Å². The van der Waals surface area contributed by atoms with Crippen LogP contribution in [-0.4, -0.2) is 17.4 Å². The van der Waals surface area contributed by atoms with Crippen LogP contribution in [-0.2, 0) is 4.79 Å². The Morgan fingerprint density at radius 2 is 2.43 bits per heavy atom. The van der Waals surface area contributed by atoms with Crippen LogP contribution >= 0.6 is 44.2 Å². The van der Waals surface area contributed by atoms with Gasteiger partial charge in [0, 0.05) is 6.42 Å². The Labute approximate surface area is 105 Å². The number of carbonyl (C=O) groups is 1. The van der Waals surface area contributed by atoms with E-state index < -0.39 is 0 Å². The summed E-state index contributed by atoms with van der Waals surface area (Å²) < 4.78 is 0.904. The second-order valence-electron chi connectivity index (χ2n) is 2.41. The molecule has 80 valence electrons. The van der Waals surface area contributed by atoms with E-state index in [0.717, 1.165) is 3.79 Å². The Morgan fingerprint density at radius 3 is 2.93 bits per heavy atom. The van der Waals surface area contributed by atoms with Gasteiger partial charge in [-0.2, -0.15) is 0 Å². The van der Waals surface area contributed by atoms with Crippen LogP contribution in [0.2, 0.25) is 0 Å². The number of rotatable bonds is 4. The maximum absolute atomic E-state index is 11.2. The third-order valence-electron chi connectivity index (χ3n) is 1.33. The molecule has 3 N–H and O–H groups in total. The normalized spacial score (nSPS) is 9.29. The first-order chi connectivity index (χ1) is 6.22. The van der Waals surface area contributed by atoms with Crippen LogP contribution in [0.5, 0.6) is 0 Å². The van der Waals surface area contributed by atoms with E-state index in [1.807, 2.05) is 0 Å². The molecule has 0 unspecified atom stereocenters. The topological polar surface area (TPSA) is 68.0 Å². The molecule has 0 aromatic carbocycles. The lowest BCUT2D eigenvalue weighted by atomic mass is 10.3. The quantitative estimate of drug-likeness (QED) is 0.879. The van der Waals surface area contributed by atoms with Crippen LogP contribution < -0.4 is 11.1 Å². The van der Waals surface area contributed by atoms with Gasteiger partial charge >= 0.3 is 0 Å². The van der Waals surface area contributed by atoms with Gasteiger partial charge in [-0.05, 0) is 28.9 Å². The predicted octanol–water partition coefficient (Wildman–Crippen LogP) is 2.16. The molecule has 1 aromatic heterocycles. The summed E-state index contributed by atoms with van der Waals surface area (Å²) in [5, 5.41) is 3.30. The SMILES string of the molecule is Br.NCCCC(=O)Nc1ncc(Br)s1. The molecule has 14 heavy (non-hydrogen) atoms. The average Bonchev–Trinajstić information content (AvgIpc) is 2.48. The summed E-state index contributed by atoms with van der Waals surface area (Å²) in [6.07, 6.45) is 2.81. The van der Waals surface area contributed by atoms with E-state index in [1.54, 1.807) is 6.20 Å². The second kappa shape index (κ2) is 7.33. The van der Waals surface area contributed by atoms with Crippen molar-refractivity contribution in [3.8, 4) is 0 Å². The highest BCUT2D eigenvalue weighted by molar-refractivity contribution is 9.11. The van der Waals surface area contributed by atoms with E-state index in [1.165, 1.54) is 11.3 Å². The highest BCUT2D eigenvalue weighted by Crippen LogP contribution is 2.23. The molecule has 1 aromatic rings. The minimum absolute atomic E-state index is 0. The third kappa shape index (κ3) is 5.04. The smallest absolute Gasteiger partial charge is 0.226 e. The van der Waals surface area contributed by atoms with E-state index in [0.29, 0.717) is 24.5 Å². The van der Waals surface area contributed by atoms with Crippen LogP contribution in [0.15, 0.2) is 9.98 Å². The highest BCUT2D eigenvalue weighted by atomic mass is 79.9. The standard InChI is InChI=1S/C7H10BrN3OS.BrH/c8-5-4-10-7(13-5)11-6(12)2-1-3-9;/h4H,1-3,9H2,(H,10,11,12);1H. The molecule has 1 amide bonds. The zero-order chi connectivity index (χ0) is 9.68. The Hall–Kier alpha value is 0.0200. The summed E-state index contributed by atoms with van der Waals surface area (Å²) in [6, 6.07) is 0. The van der Waals surface area contributed by atoms with Gasteiger partial charge in [-0.3, -0.25) is 4.79 Å². The number of hydrogen-bond donors (Lipinski definition) is 2. The maximum Gasteiger partial charge on any atom is 0.226 e. The first-order valence-electron chi connectivity index (χ1n) is 3.83. The Kier molecular flexibility index (Phi) is 7.34. The van der Waals surface area contributed by atoms with E-state index >= 15 is 0 Å². The minimum Gasteiger partial charge on any atom is -0.330 e. The molecular formula is C7H11Br2N3OS. The van der Waals surface area contributed by atoms with Gasteiger partial charge in [-0.1, -0.05) is 11.3 Å². The van der Waals surface area contributed by atoms with E-state index in [9.17, 15) is 4.79 Å². The molecule has 0 radical (unpaired) electrons. The van der Waals surface area contributed by atoms with Crippen LogP contribution in [0.4, 0.5) is 5.13 Å². The molecule has 0 atom stereocenters. The van der Waals surface area contributed by atoms with Gasteiger partial charge in [0.25, 0.3) is 0 Å². The summed E-state index contributed by atoms with van der Waals surface area (Å²) in [7, 11) is 0. The summed E-state index contributed by atoms with van der Waals surface area (Å²) in [4.78, 5) is 15.1. The monoisotopic (exact) mass is 343 g/mol. The molecule has 0 aliphatic carbocycles. The summed E-state index contributed by atoms with van der Waals surface area (Å²) >= 11 is 4.65. The van der Waals surface area contributed by atoms with E-state index in [-0.39, 0.29) is 22.9 Å². The van der Waals surface area contributed by atoms with Crippen LogP contribution in [0, 0.1) is 0 Å². The van der Waals surface area contributed by atoms with Gasteiger partial charge < -0.3 is 11.1 Å². The van der Waals surface area contributed by atoms with Crippen LogP contribution in [0.3, 0.4) is 0 Å². The maximum atomic E-state index is 11.2. The number of halogens is 2. The number of hydrogen-bond acceptors (Lipinski definition) is 4. The molecule has 4 nitrogen and oxygen atoms in total. The third-order valence-corrected chi connectivity index (χ3v) is 2.72. The van der Waals surface area contributed by atoms with Gasteiger partial charge in [-0.25, -0.2) is 4.98 Å². The summed E-state index contributed by atoms with van der Waals surface area (Å²) in [5.74, 6) is -0.0349. The number of aromatic nitrogens is 1. The number of nitrogens with two attached hydrogens (primary N) is 1. The largest absolute Gasteiger partial charge is 0.330 e. The first-order valence-corrected chi connectivity index (χ1v) is 5.44. The van der Waals surface area contributed by atoms with Gasteiger partial charge in [0.1, 0.15) is 0 Å². The lowest BCUT2D eigenvalue weighted by Crippen LogP contribution is -2.13. The van der Waals surface area contributed by atoms with Gasteiger partial charge in [0.2, 0.25) is 5.91 Å². The second-order valence-corrected chi connectivity index (χ2v) is 4.82. The van der Waals surface area contributed by atoms with Gasteiger partial charge in [-0.15, -0.1) is 17.0 Å². The molecule has 7 heteroatoms. The number of carbonyl (C=O) groups excluding carboxylic acids is 1. The van der Waals surface area contributed by atoms with Crippen molar-refractivity contribution in [1.29, 1.82) is 0 Å². The van der Waals surface area contributed by atoms with Crippen molar-refractivity contribution >= 4 is 55.3 Å². The fourth-order valence-electron chi connectivity index (χ4n) is 0.757. The average molecular weight is 345 g/mol. The molecule has 0 bridgehead atoms. The Bertz CT molecular complexity index is 292. The molecule has 1 heterocycles. The number of nitrogens with zero attached hydrogens (tertiary/aromatic N) is 1. The lowest BCUT2D eigenvalue weighted by Gasteiger charge is -1.98. The Balaban J connectivity index is 0.00000169. The van der Waals surface area contributed by atoms with Crippen molar-refractivity contribution in [2.24, 2.45) is 5.73 Å². The molecule has 0 saturated carbocycles. The highest BCUT2D eigenvalue weighted by Gasteiger charge is 2.04. The molecule has 1 rings (SSSR count). The number of amides is 1. The van der Waals surface area contributed by atoms with Crippen molar-refractivity contribution in [2.45, 2.75) is 12.8 Å². The predicted molar refractivity (Wildman–Crippen MR) is 67.1 cm³/mol. The summed E-state index contributed by atoms with van der Waals surface area (Å²) in [6.45, 7) is 0.537. The van der Waals surface area contributed by atoms with E-state index in [4.69, 9.17) is 5.73 Å². The van der Waals surface area contributed by atoms with E-state index in [2.05, 4.69) is 26.2 Å². The molecule has 0 saturated heterocycles. The van der Waals surface area contributed by atoms with Crippen LogP contribution in [0.25, 0.3) is 0 Å². The molecule has 0 aliphatic heterocycles. The van der Waals surface area contributed by atoms with Crippen molar-refractivity contribution < 1.29 is 4.79 Å². The lowest BCUT2D eigenvalue weighted by molar-refractivity contribution is -0.116. The Morgan fingerprint density at radius 1 is 1.71 bits per heavy atom. The zero-order valence-electron chi connectivity index (χ0n) is 7.33.